The van der Waals surface area contributed by atoms with Crippen LogP contribution < -0.4 is 5.32 Å². The summed E-state index contributed by atoms with van der Waals surface area (Å²) in [6, 6.07) is 11.1. The van der Waals surface area contributed by atoms with Gasteiger partial charge in [0.2, 0.25) is 0 Å². The first kappa shape index (κ1) is 13.8. The highest BCUT2D eigenvalue weighted by Gasteiger charge is 2.19. The zero-order valence-electron chi connectivity index (χ0n) is 11.0. The normalized spacial score (nSPS) is 12.7. The second kappa shape index (κ2) is 6.00. The molecule has 0 saturated heterocycles. The van der Waals surface area contributed by atoms with E-state index < -0.39 is 0 Å². The molecule has 1 aromatic heterocycles. The van der Waals surface area contributed by atoms with Gasteiger partial charge in [-0.15, -0.1) is 11.3 Å². The van der Waals surface area contributed by atoms with Crippen LogP contribution in [0.5, 0.6) is 0 Å². The minimum absolute atomic E-state index is 0.272. The molecule has 0 amide bonds. The summed E-state index contributed by atoms with van der Waals surface area (Å²) in [5, 5.41) is 3.44. The van der Waals surface area contributed by atoms with Gasteiger partial charge in [0.25, 0.3) is 0 Å². The van der Waals surface area contributed by atoms with Gasteiger partial charge in [-0.25, -0.2) is 0 Å². The summed E-state index contributed by atoms with van der Waals surface area (Å²) in [6.45, 7) is 4.36. The zero-order chi connectivity index (χ0) is 13.1. The van der Waals surface area contributed by atoms with Crippen molar-refractivity contribution in [2.24, 2.45) is 0 Å². The van der Waals surface area contributed by atoms with Crippen molar-refractivity contribution >= 4 is 27.3 Å². The quantitative estimate of drug-likeness (QED) is 0.860. The van der Waals surface area contributed by atoms with Crippen LogP contribution >= 0.6 is 27.3 Å². The standard InChI is InChI=1S/C15H18BrNS/c1-4-11-7-5-6-8-12(11)14(17-3)15-13(16)9-10(2)18-15/h5-9,14,17H,4H2,1-3H3. The summed E-state index contributed by atoms with van der Waals surface area (Å²) in [5.74, 6) is 0. The Morgan fingerprint density at radius 2 is 2.06 bits per heavy atom. The first-order valence-corrected chi connectivity index (χ1v) is 7.79. The van der Waals surface area contributed by atoms with Gasteiger partial charge in [-0.1, -0.05) is 31.2 Å². The van der Waals surface area contributed by atoms with Crippen LogP contribution in [0.4, 0.5) is 0 Å². The van der Waals surface area contributed by atoms with Crippen molar-refractivity contribution in [2.75, 3.05) is 7.05 Å². The van der Waals surface area contributed by atoms with Crippen molar-refractivity contribution < 1.29 is 0 Å². The molecule has 2 rings (SSSR count). The van der Waals surface area contributed by atoms with Crippen molar-refractivity contribution in [1.29, 1.82) is 0 Å². The Bertz CT molecular complexity index is 533. The minimum Gasteiger partial charge on any atom is -0.309 e. The van der Waals surface area contributed by atoms with E-state index in [0.717, 1.165) is 6.42 Å². The SMILES string of the molecule is CCc1ccccc1C(NC)c1sc(C)cc1Br. The molecular formula is C15H18BrNS. The maximum atomic E-state index is 3.67. The lowest BCUT2D eigenvalue weighted by atomic mass is 9.97. The van der Waals surface area contributed by atoms with Gasteiger partial charge in [0, 0.05) is 14.2 Å². The van der Waals surface area contributed by atoms with Crippen molar-refractivity contribution in [3.8, 4) is 0 Å². The summed E-state index contributed by atoms with van der Waals surface area (Å²) in [7, 11) is 2.03. The largest absolute Gasteiger partial charge is 0.309 e. The van der Waals surface area contributed by atoms with E-state index in [1.807, 2.05) is 18.4 Å². The van der Waals surface area contributed by atoms with Crippen LogP contribution in [0.3, 0.4) is 0 Å². The molecule has 3 heteroatoms. The molecule has 1 atom stereocenters. The van der Waals surface area contributed by atoms with E-state index in [0.29, 0.717) is 0 Å². The van der Waals surface area contributed by atoms with Crippen molar-refractivity contribution in [3.63, 3.8) is 0 Å². The molecule has 0 aliphatic carbocycles. The highest BCUT2D eigenvalue weighted by Crippen LogP contribution is 2.36. The maximum Gasteiger partial charge on any atom is 0.0682 e. The van der Waals surface area contributed by atoms with Gasteiger partial charge < -0.3 is 5.32 Å². The van der Waals surface area contributed by atoms with Crippen molar-refractivity contribution in [1.82, 2.24) is 5.32 Å². The first-order valence-electron chi connectivity index (χ1n) is 6.18. The Labute approximate surface area is 121 Å². The molecule has 1 nitrogen and oxygen atoms in total. The lowest BCUT2D eigenvalue weighted by Gasteiger charge is -2.19. The smallest absolute Gasteiger partial charge is 0.0682 e. The molecule has 1 aromatic carbocycles. The molecule has 0 aliphatic heterocycles. The van der Waals surface area contributed by atoms with Crippen LogP contribution in [-0.4, -0.2) is 7.05 Å². The summed E-state index contributed by atoms with van der Waals surface area (Å²) in [4.78, 5) is 2.70. The van der Waals surface area contributed by atoms with E-state index in [9.17, 15) is 0 Å². The third-order valence-electron chi connectivity index (χ3n) is 3.13. The van der Waals surface area contributed by atoms with Gasteiger partial charge in [-0.3, -0.25) is 0 Å². The summed E-state index contributed by atoms with van der Waals surface area (Å²) >= 11 is 5.52. The molecule has 0 fully saturated rings. The number of halogens is 1. The third kappa shape index (κ3) is 2.68. The third-order valence-corrected chi connectivity index (χ3v) is 5.17. The molecule has 1 N–H and O–H groups in total. The van der Waals surface area contributed by atoms with Crippen LogP contribution in [-0.2, 0) is 6.42 Å². The van der Waals surface area contributed by atoms with E-state index in [-0.39, 0.29) is 6.04 Å². The number of benzene rings is 1. The molecule has 2 aromatic rings. The lowest BCUT2D eigenvalue weighted by molar-refractivity contribution is 0.693. The maximum absolute atomic E-state index is 3.67. The van der Waals surface area contributed by atoms with Crippen LogP contribution in [0.15, 0.2) is 34.8 Å². The van der Waals surface area contributed by atoms with Crippen LogP contribution in [0.2, 0.25) is 0 Å². The summed E-state index contributed by atoms with van der Waals surface area (Å²) in [6.07, 6.45) is 1.07. The average molecular weight is 324 g/mol. The molecule has 1 heterocycles. The predicted molar refractivity (Wildman–Crippen MR) is 83.5 cm³/mol. The van der Waals surface area contributed by atoms with Gasteiger partial charge in [-0.05, 0) is 53.5 Å². The Kier molecular flexibility index (Phi) is 4.60. The number of hydrogen-bond donors (Lipinski definition) is 1. The van der Waals surface area contributed by atoms with E-state index in [2.05, 4.69) is 65.4 Å². The molecule has 0 radical (unpaired) electrons. The molecule has 18 heavy (non-hydrogen) atoms. The van der Waals surface area contributed by atoms with E-state index >= 15 is 0 Å². The van der Waals surface area contributed by atoms with E-state index in [1.165, 1.54) is 25.4 Å². The molecule has 0 bridgehead atoms. The van der Waals surface area contributed by atoms with Crippen LogP contribution in [0.1, 0.15) is 33.8 Å². The highest BCUT2D eigenvalue weighted by molar-refractivity contribution is 9.10. The summed E-state index contributed by atoms with van der Waals surface area (Å²) in [5.41, 5.74) is 2.79. The van der Waals surface area contributed by atoms with Crippen molar-refractivity contribution in [2.45, 2.75) is 26.3 Å². The fourth-order valence-electron chi connectivity index (χ4n) is 2.26. The predicted octanol–water partition coefficient (Wildman–Crippen LogP) is 4.69. The first-order chi connectivity index (χ1) is 8.67. The van der Waals surface area contributed by atoms with Gasteiger partial charge in [-0.2, -0.15) is 0 Å². The monoisotopic (exact) mass is 323 g/mol. The van der Waals surface area contributed by atoms with Gasteiger partial charge >= 0.3 is 0 Å². The van der Waals surface area contributed by atoms with Crippen LogP contribution in [0, 0.1) is 6.92 Å². The second-order valence-corrected chi connectivity index (χ2v) is 6.49. The zero-order valence-corrected chi connectivity index (χ0v) is 13.4. The molecule has 0 spiro atoms. The number of nitrogens with one attached hydrogen (secondary N) is 1. The minimum atomic E-state index is 0.272. The van der Waals surface area contributed by atoms with E-state index in [4.69, 9.17) is 0 Å². The highest BCUT2D eigenvalue weighted by atomic mass is 79.9. The fraction of sp³-hybridized carbons (Fsp3) is 0.333. The average Bonchev–Trinajstić information content (AvgIpc) is 2.70. The Morgan fingerprint density at radius 1 is 1.33 bits per heavy atom. The number of rotatable bonds is 4. The Hall–Kier alpha value is -0.640. The molecule has 0 aliphatic rings. The molecular weight excluding hydrogens is 306 g/mol. The van der Waals surface area contributed by atoms with E-state index in [1.54, 1.807) is 0 Å². The molecule has 1 unspecified atom stereocenters. The van der Waals surface area contributed by atoms with Gasteiger partial charge in [0.15, 0.2) is 0 Å². The number of hydrogen-bond acceptors (Lipinski definition) is 2. The fourth-order valence-corrected chi connectivity index (χ4v) is 4.27. The molecule has 0 saturated carbocycles. The summed E-state index contributed by atoms with van der Waals surface area (Å²) < 4.78 is 1.20. The van der Waals surface area contributed by atoms with Crippen molar-refractivity contribution in [3.05, 3.63) is 55.7 Å². The Morgan fingerprint density at radius 3 is 2.61 bits per heavy atom. The van der Waals surface area contributed by atoms with Gasteiger partial charge in [0.05, 0.1) is 6.04 Å². The number of thiophene rings is 1. The van der Waals surface area contributed by atoms with Crippen LogP contribution in [0.25, 0.3) is 0 Å². The topological polar surface area (TPSA) is 12.0 Å². The molecule has 96 valence electrons. The lowest BCUT2D eigenvalue weighted by Crippen LogP contribution is -2.18. The van der Waals surface area contributed by atoms with Gasteiger partial charge in [0.1, 0.15) is 0 Å². The Balaban J connectivity index is 2.48. The second-order valence-electron chi connectivity index (χ2n) is 4.34. The number of aryl methyl sites for hydroxylation is 2.